The zero-order valence-electron chi connectivity index (χ0n) is 16.6. The van der Waals surface area contributed by atoms with Crippen molar-refractivity contribution >= 4 is 17.9 Å². The summed E-state index contributed by atoms with van der Waals surface area (Å²) in [6.45, 7) is 0.836. The monoisotopic (exact) mass is 396 g/mol. The van der Waals surface area contributed by atoms with Gasteiger partial charge in [0.15, 0.2) is 0 Å². The second kappa shape index (κ2) is 11.2. The first-order valence-corrected chi connectivity index (χ1v) is 10.2. The molecule has 1 saturated carbocycles. The van der Waals surface area contributed by atoms with Gasteiger partial charge in [0.05, 0.1) is 19.0 Å². The highest BCUT2D eigenvalue weighted by Gasteiger charge is 2.16. The average molecular weight is 396 g/mol. The Morgan fingerprint density at radius 2 is 1.79 bits per heavy atom. The highest BCUT2D eigenvalue weighted by Crippen LogP contribution is 2.19. The minimum atomic E-state index is -0.379. The number of carbonyl (C=O) groups is 2. The summed E-state index contributed by atoms with van der Waals surface area (Å²) < 4.78 is 11.2. The first kappa shape index (κ1) is 20.9. The lowest BCUT2D eigenvalue weighted by Gasteiger charge is -2.16. The molecule has 0 radical (unpaired) electrons. The summed E-state index contributed by atoms with van der Waals surface area (Å²) >= 11 is 0. The average Bonchev–Trinajstić information content (AvgIpc) is 3.12. The molecule has 0 saturated heterocycles. The van der Waals surface area contributed by atoms with Gasteiger partial charge in [-0.05, 0) is 37.1 Å². The zero-order chi connectivity index (χ0) is 20.3. The molecular weight excluding hydrogens is 368 g/mol. The van der Waals surface area contributed by atoms with Crippen molar-refractivity contribution in [1.82, 2.24) is 10.6 Å². The molecule has 2 aromatic rings. The van der Waals surface area contributed by atoms with Crippen molar-refractivity contribution in [2.75, 3.05) is 13.2 Å². The van der Waals surface area contributed by atoms with E-state index in [-0.39, 0.29) is 23.6 Å². The van der Waals surface area contributed by atoms with E-state index in [9.17, 15) is 9.59 Å². The third kappa shape index (κ3) is 6.91. The van der Waals surface area contributed by atoms with Crippen LogP contribution in [0.4, 0.5) is 0 Å². The van der Waals surface area contributed by atoms with Crippen LogP contribution in [0.2, 0.25) is 0 Å². The lowest BCUT2D eigenvalue weighted by atomic mass is 10.1. The van der Waals surface area contributed by atoms with Crippen LogP contribution in [-0.2, 0) is 9.53 Å². The van der Waals surface area contributed by atoms with Crippen molar-refractivity contribution in [3.05, 3.63) is 65.7 Å². The molecule has 0 unspecified atom stereocenters. The minimum absolute atomic E-state index is 0.128. The van der Waals surface area contributed by atoms with Crippen molar-refractivity contribution in [3.63, 3.8) is 0 Å². The number of hydrogen-bond donors (Lipinski definition) is 2. The molecule has 1 fully saturated rings. The maximum atomic E-state index is 12.7. The highest BCUT2D eigenvalue weighted by molar-refractivity contribution is 6.05. The van der Waals surface area contributed by atoms with Crippen LogP contribution < -0.4 is 10.6 Å². The Labute approximate surface area is 171 Å². The summed E-state index contributed by atoms with van der Waals surface area (Å²) in [6, 6.07) is 12.2. The number of carbonyl (C=O) groups excluding carboxylic acids is 2. The molecule has 1 aliphatic carbocycles. The van der Waals surface area contributed by atoms with Crippen molar-refractivity contribution in [2.45, 2.75) is 44.6 Å². The topological polar surface area (TPSA) is 80.6 Å². The van der Waals surface area contributed by atoms with Crippen LogP contribution in [0.5, 0.6) is 0 Å². The van der Waals surface area contributed by atoms with Gasteiger partial charge in [-0.25, -0.2) is 0 Å². The Bertz CT molecular complexity index is 792. The Morgan fingerprint density at radius 3 is 2.48 bits per heavy atom. The quantitative estimate of drug-likeness (QED) is 0.403. The van der Waals surface area contributed by atoms with Crippen molar-refractivity contribution < 1.29 is 18.7 Å². The first-order chi connectivity index (χ1) is 14.2. The predicted molar refractivity (Wildman–Crippen MR) is 111 cm³/mol. The van der Waals surface area contributed by atoms with Crippen LogP contribution in [0.1, 0.15) is 54.6 Å². The number of ether oxygens (including phenoxy) is 1. The van der Waals surface area contributed by atoms with E-state index in [4.69, 9.17) is 9.15 Å². The van der Waals surface area contributed by atoms with Gasteiger partial charge in [-0.1, -0.05) is 43.9 Å². The molecule has 0 atom stereocenters. The number of furan rings is 1. The molecule has 2 N–H and O–H groups in total. The number of nitrogens with one attached hydrogen (secondary N) is 2. The van der Waals surface area contributed by atoms with Crippen LogP contribution in [0.3, 0.4) is 0 Å². The maximum absolute atomic E-state index is 12.7. The van der Waals surface area contributed by atoms with Gasteiger partial charge in [-0.3, -0.25) is 9.59 Å². The molecule has 154 valence electrons. The fourth-order valence-corrected chi connectivity index (χ4v) is 3.35. The standard InChI is InChI=1S/C23H28N2O4/c26-22(18-9-4-3-5-10-18)25-21(17-20-13-8-15-28-20)23(27)24-14-16-29-19-11-6-1-2-7-12-19/h3-5,8-10,13,15,17,19H,1-2,6-7,11-12,14,16H2,(H,24,27)(H,25,26)/b21-17-. The fraction of sp³-hybridized carbons (Fsp3) is 0.391. The Hall–Kier alpha value is -2.86. The van der Waals surface area contributed by atoms with E-state index >= 15 is 0 Å². The van der Waals surface area contributed by atoms with E-state index in [0.29, 0.717) is 24.5 Å². The molecule has 0 bridgehead atoms. The molecule has 1 aromatic heterocycles. The van der Waals surface area contributed by atoms with E-state index in [1.54, 1.807) is 36.4 Å². The molecule has 6 heteroatoms. The van der Waals surface area contributed by atoms with Gasteiger partial charge < -0.3 is 19.8 Å². The summed E-state index contributed by atoms with van der Waals surface area (Å²) in [7, 11) is 0. The summed E-state index contributed by atoms with van der Waals surface area (Å²) in [6.07, 6.45) is 10.5. The molecular formula is C23H28N2O4. The van der Waals surface area contributed by atoms with Crippen LogP contribution >= 0.6 is 0 Å². The van der Waals surface area contributed by atoms with Crippen LogP contribution in [-0.4, -0.2) is 31.1 Å². The second-order valence-corrected chi connectivity index (χ2v) is 7.13. The van der Waals surface area contributed by atoms with Gasteiger partial charge in [0.2, 0.25) is 0 Å². The van der Waals surface area contributed by atoms with Crippen molar-refractivity contribution in [3.8, 4) is 0 Å². The van der Waals surface area contributed by atoms with E-state index in [2.05, 4.69) is 10.6 Å². The minimum Gasteiger partial charge on any atom is -0.465 e. The molecule has 3 rings (SSSR count). The van der Waals surface area contributed by atoms with Gasteiger partial charge in [0.25, 0.3) is 11.8 Å². The van der Waals surface area contributed by atoms with E-state index in [1.165, 1.54) is 38.0 Å². The molecule has 1 heterocycles. The number of benzene rings is 1. The predicted octanol–water partition coefficient (Wildman–Crippen LogP) is 3.91. The lowest BCUT2D eigenvalue weighted by Crippen LogP contribution is -2.36. The third-order valence-electron chi connectivity index (χ3n) is 4.90. The van der Waals surface area contributed by atoms with Gasteiger partial charge in [0, 0.05) is 18.2 Å². The normalized spacial score (nSPS) is 15.5. The van der Waals surface area contributed by atoms with E-state index in [0.717, 1.165) is 12.8 Å². The van der Waals surface area contributed by atoms with Crippen LogP contribution in [0.15, 0.2) is 58.8 Å². The zero-order valence-corrected chi connectivity index (χ0v) is 16.6. The molecule has 0 spiro atoms. The van der Waals surface area contributed by atoms with Crippen molar-refractivity contribution in [1.29, 1.82) is 0 Å². The van der Waals surface area contributed by atoms with E-state index < -0.39 is 0 Å². The molecule has 2 amide bonds. The largest absolute Gasteiger partial charge is 0.465 e. The maximum Gasteiger partial charge on any atom is 0.268 e. The third-order valence-corrected chi connectivity index (χ3v) is 4.90. The summed E-state index contributed by atoms with van der Waals surface area (Å²) in [5.74, 6) is -0.248. The Balaban J connectivity index is 1.55. The number of hydrogen-bond acceptors (Lipinski definition) is 4. The summed E-state index contributed by atoms with van der Waals surface area (Å²) in [5.41, 5.74) is 0.602. The first-order valence-electron chi connectivity index (χ1n) is 10.2. The molecule has 6 nitrogen and oxygen atoms in total. The smallest absolute Gasteiger partial charge is 0.268 e. The Kier molecular flexibility index (Phi) is 8.07. The number of rotatable bonds is 8. The summed E-state index contributed by atoms with van der Waals surface area (Å²) in [4.78, 5) is 25.1. The van der Waals surface area contributed by atoms with Crippen molar-refractivity contribution in [2.24, 2.45) is 0 Å². The van der Waals surface area contributed by atoms with Crippen LogP contribution in [0, 0.1) is 0 Å². The van der Waals surface area contributed by atoms with E-state index in [1.807, 2.05) is 6.07 Å². The lowest BCUT2D eigenvalue weighted by molar-refractivity contribution is -0.118. The molecule has 1 aromatic carbocycles. The van der Waals surface area contributed by atoms with Gasteiger partial charge in [-0.15, -0.1) is 0 Å². The van der Waals surface area contributed by atoms with Gasteiger partial charge >= 0.3 is 0 Å². The molecule has 1 aliphatic rings. The van der Waals surface area contributed by atoms with Gasteiger partial charge in [0.1, 0.15) is 11.5 Å². The molecule has 29 heavy (non-hydrogen) atoms. The van der Waals surface area contributed by atoms with Gasteiger partial charge in [-0.2, -0.15) is 0 Å². The fourth-order valence-electron chi connectivity index (χ4n) is 3.35. The highest BCUT2D eigenvalue weighted by atomic mass is 16.5. The summed E-state index contributed by atoms with van der Waals surface area (Å²) in [5, 5.41) is 5.50. The van der Waals surface area contributed by atoms with Crippen LogP contribution in [0.25, 0.3) is 6.08 Å². The number of amides is 2. The Morgan fingerprint density at radius 1 is 1.03 bits per heavy atom. The SMILES string of the molecule is O=C(NCCOC1CCCCCC1)/C(=C/c1ccco1)NC(=O)c1ccccc1. The second-order valence-electron chi connectivity index (χ2n) is 7.13. The molecule has 0 aliphatic heterocycles.